The van der Waals surface area contributed by atoms with Gasteiger partial charge >= 0.3 is 5.97 Å². The van der Waals surface area contributed by atoms with Gasteiger partial charge in [-0.3, -0.25) is 9.59 Å². The first-order valence-electron chi connectivity index (χ1n) is 9.07. The van der Waals surface area contributed by atoms with E-state index in [1.807, 2.05) is 44.2 Å². The van der Waals surface area contributed by atoms with Crippen LogP contribution in [0.25, 0.3) is 5.78 Å². The van der Waals surface area contributed by atoms with E-state index in [0.717, 1.165) is 11.4 Å². The van der Waals surface area contributed by atoms with Crippen molar-refractivity contribution >= 4 is 23.3 Å². The van der Waals surface area contributed by atoms with Crippen LogP contribution in [0.4, 0.5) is 5.69 Å². The lowest BCUT2D eigenvalue weighted by atomic mass is 10.0. The molecule has 0 aliphatic carbocycles. The number of fused-ring (bicyclic) bond motifs is 1. The molecule has 2 heterocycles. The topological polar surface area (TPSA) is 98.5 Å². The minimum atomic E-state index is -0.574. The first-order chi connectivity index (χ1) is 13.3. The number of benzene rings is 1. The summed E-state index contributed by atoms with van der Waals surface area (Å²) >= 11 is 0. The van der Waals surface area contributed by atoms with E-state index in [1.165, 1.54) is 5.56 Å². The van der Waals surface area contributed by atoms with Crippen LogP contribution in [0.2, 0.25) is 0 Å². The number of nitrogens with one attached hydrogen (secondary N) is 1. The average molecular weight is 381 g/mol. The largest absolute Gasteiger partial charge is 0.455 e. The summed E-state index contributed by atoms with van der Waals surface area (Å²) in [7, 11) is 0. The SMILES string of the molecule is Cc1cc(C)n2nc(CC(=O)OCC(=O)Nc3ccc(C(C)C)cc3)nc2n1. The fourth-order valence-corrected chi connectivity index (χ4v) is 2.76. The molecule has 28 heavy (non-hydrogen) atoms. The number of carbonyl (C=O) groups is 2. The van der Waals surface area contributed by atoms with Gasteiger partial charge in [-0.2, -0.15) is 4.98 Å². The van der Waals surface area contributed by atoms with E-state index >= 15 is 0 Å². The molecule has 0 saturated heterocycles. The van der Waals surface area contributed by atoms with Gasteiger partial charge in [-0.05, 0) is 43.5 Å². The fraction of sp³-hybridized carbons (Fsp3) is 0.350. The van der Waals surface area contributed by atoms with Crippen LogP contribution in [0.15, 0.2) is 30.3 Å². The summed E-state index contributed by atoms with van der Waals surface area (Å²) in [4.78, 5) is 32.5. The Hall–Kier alpha value is -3.29. The number of esters is 1. The van der Waals surface area contributed by atoms with Crippen molar-refractivity contribution in [2.45, 2.75) is 40.0 Å². The lowest BCUT2D eigenvalue weighted by Gasteiger charge is -2.08. The zero-order valence-electron chi connectivity index (χ0n) is 16.4. The van der Waals surface area contributed by atoms with E-state index in [0.29, 0.717) is 23.2 Å². The maximum Gasteiger partial charge on any atom is 0.314 e. The Morgan fingerprint density at radius 1 is 1.14 bits per heavy atom. The Labute approximate surface area is 163 Å². The standard InChI is InChI=1S/C20H23N5O3/c1-12(2)15-5-7-16(8-6-15)22-18(26)11-28-19(27)10-17-23-20-21-13(3)9-14(4)25(20)24-17/h5-9,12H,10-11H2,1-4H3,(H,22,26). The highest BCUT2D eigenvalue weighted by Gasteiger charge is 2.14. The van der Waals surface area contributed by atoms with Crippen molar-refractivity contribution in [2.75, 3.05) is 11.9 Å². The summed E-state index contributed by atoms with van der Waals surface area (Å²) in [5.74, 6) is 0.179. The monoisotopic (exact) mass is 381 g/mol. The second-order valence-electron chi connectivity index (χ2n) is 6.94. The fourth-order valence-electron chi connectivity index (χ4n) is 2.76. The van der Waals surface area contributed by atoms with Crippen LogP contribution in [0.1, 0.15) is 42.5 Å². The lowest BCUT2D eigenvalue weighted by molar-refractivity contribution is -0.146. The molecule has 0 aliphatic rings. The molecule has 8 nitrogen and oxygen atoms in total. The molecule has 1 N–H and O–H groups in total. The third-order valence-corrected chi connectivity index (χ3v) is 4.19. The third kappa shape index (κ3) is 4.70. The van der Waals surface area contributed by atoms with E-state index < -0.39 is 11.9 Å². The van der Waals surface area contributed by atoms with Crippen LogP contribution in [-0.2, 0) is 20.7 Å². The summed E-state index contributed by atoms with van der Waals surface area (Å²) < 4.78 is 6.60. The Morgan fingerprint density at radius 3 is 2.54 bits per heavy atom. The molecule has 146 valence electrons. The van der Waals surface area contributed by atoms with Gasteiger partial charge in [-0.15, -0.1) is 5.10 Å². The lowest BCUT2D eigenvalue weighted by Crippen LogP contribution is -2.21. The van der Waals surface area contributed by atoms with Gasteiger partial charge in [0.15, 0.2) is 12.4 Å². The number of carbonyl (C=O) groups excluding carboxylic acids is 2. The van der Waals surface area contributed by atoms with E-state index in [4.69, 9.17) is 4.74 Å². The van der Waals surface area contributed by atoms with Crippen molar-refractivity contribution < 1.29 is 14.3 Å². The summed E-state index contributed by atoms with van der Waals surface area (Å²) in [5, 5.41) is 6.95. The second kappa shape index (κ2) is 8.16. The number of aryl methyl sites for hydroxylation is 2. The van der Waals surface area contributed by atoms with E-state index in [-0.39, 0.29) is 13.0 Å². The van der Waals surface area contributed by atoms with Gasteiger partial charge in [0.25, 0.3) is 11.7 Å². The number of ether oxygens (including phenoxy) is 1. The van der Waals surface area contributed by atoms with E-state index in [2.05, 4.69) is 34.2 Å². The molecule has 0 aliphatic heterocycles. The highest BCUT2D eigenvalue weighted by atomic mass is 16.5. The van der Waals surface area contributed by atoms with Crippen molar-refractivity contribution in [3.05, 3.63) is 53.1 Å². The van der Waals surface area contributed by atoms with Gasteiger partial charge in [0, 0.05) is 17.1 Å². The Balaban J connectivity index is 1.52. The molecular formula is C20H23N5O3. The number of hydrogen-bond donors (Lipinski definition) is 1. The molecule has 2 aromatic heterocycles. The molecule has 3 aromatic rings. The molecule has 8 heteroatoms. The van der Waals surface area contributed by atoms with Gasteiger partial charge < -0.3 is 10.1 Å². The minimum absolute atomic E-state index is 0.127. The first kappa shape index (κ1) is 19.5. The van der Waals surface area contributed by atoms with E-state index in [9.17, 15) is 9.59 Å². The highest BCUT2D eigenvalue weighted by molar-refractivity contribution is 5.92. The highest BCUT2D eigenvalue weighted by Crippen LogP contribution is 2.17. The summed E-state index contributed by atoms with van der Waals surface area (Å²) in [5.41, 5.74) is 3.54. The maximum absolute atomic E-state index is 12.0. The zero-order chi connectivity index (χ0) is 20.3. The molecule has 1 aromatic carbocycles. The molecule has 0 radical (unpaired) electrons. The normalized spacial score (nSPS) is 11.0. The smallest absolute Gasteiger partial charge is 0.314 e. The molecule has 0 spiro atoms. The van der Waals surface area contributed by atoms with Crippen molar-refractivity contribution in [1.29, 1.82) is 0 Å². The Morgan fingerprint density at radius 2 is 1.86 bits per heavy atom. The molecule has 0 fully saturated rings. The number of nitrogens with zero attached hydrogens (tertiary/aromatic N) is 4. The van der Waals surface area contributed by atoms with E-state index in [1.54, 1.807) is 4.52 Å². The summed E-state index contributed by atoms with van der Waals surface area (Å²) in [6.45, 7) is 7.59. The van der Waals surface area contributed by atoms with Crippen molar-refractivity contribution in [2.24, 2.45) is 0 Å². The summed E-state index contributed by atoms with van der Waals surface area (Å²) in [6.07, 6.45) is -0.127. The van der Waals surface area contributed by atoms with Crippen LogP contribution in [-0.4, -0.2) is 38.1 Å². The molecule has 0 bridgehead atoms. The van der Waals surface area contributed by atoms with Crippen molar-refractivity contribution in [3.8, 4) is 0 Å². The van der Waals surface area contributed by atoms with Gasteiger partial charge in [0.2, 0.25) is 0 Å². The van der Waals surface area contributed by atoms with Crippen molar-refractivity contribution in [1.82, 2.24) is 19.6 Å². The number of hydrogen-bond acceptors (Lipinski definition) is 6. The van der Waals surface area contributed by atoms with Gasteiger partial charge in [0.05, 0.1) is 0 Å². The molecule has 3 rings (SSSR count). The average Bonchev–Trinajstić information content (AvgIpc) is 3.03. The summed E-state index contributed by atoms with van der Waals surface area (Å²) in [6, 6.07) is 9.44. The van der Waals surface area contributed by atoms with Gasteiger partial charge in [-0.25, -0.2) is 9.50 Å². The zero-order valence-corrected chi connectivity index (χ0v) is 16.4. The predicted octanol–water partition coefficient (Wildman–Crippen LogP) is 2.59. The molecule has 0 atom stereocenters. The number of aromatic nitrogens is 4. The minimum Gasteiger partial charge on any atom is -0.455 e. The van der Waals surface area contributed by atoms with Gasteiger partial charge in [-0.1, -0.05) is 26.0 Å². The Bertz CT molecular complexity index is 1010. The number of anilines is 1. The Kier molecular flexibility index (Phi) is 5.67. The van der Waals surface area contributed by atoms with Crippen LogP contribution in [0.5, 0.6) is 0 Å². The number of rotatable bonds is 6. The molecule has 0 saturated carbocycles. The second-order valence-corrected chi connectivity index (χ2v) is 6.94. The third-order valence-electron chi connectivity index (χ3n) is 4.19. The predicted molar refractivity (Wildman–Crippen MR) is 104 cm³/mol. The molecular weight excluding hydrogens is 358 g/mol. The number of amides is 1. The van der Waals surface area contributed by atoms with Gasteiger partial charge in [0.1, 0.15) is 6.42 Å². The van der Waals surface area contributed by atoms with Crippen LogP contribution >= 0.6 is 0 Å². The maximum atomic E-state index is 12.0. The van der Waals surface area contributed by atoms with Crippen molar-refractivity contribution in [3.63, 3.8) is 0 Å². The quantitative estimate of drug-likeness (QED) is 0.659. The molecule has 0 unspecified atom stereocenters. The van der Waals surface area contributed by atoms with Crippen LogP contribution < -0.4 is 5.32 Å². The molecule has 1 amide bonds. The first-order valence-corrected chi connectivity index (χ1v) is 9.07. The van der Waals surface area contributed by atoms with Crippen LogP contribution in [0.3, 0.4) is 0 Å². The van der Waals surface area contributed by atoms with Crippen LogP contribution in [0, 0.1) is 13.8 Å².